The lowest BCUT2D eigenvalue weighted by Gasteiger charge is -2.07. The Morgan fingerprint density at radius 3 is 2.96 bits per heavy atom. The maximum absolute atomic E-state index is 12.2. The van der Waals surface area contributed by atoms with Gasteiger partial charge in [0.1, 0.15) is 5.75 Å². The number of pyridine rings is 1. The van der Waals surface area contributed by atoms with Gasteiger partial charge in [-0.15, -0.1) is 0 Å². The largest absolute Gasteiger partial charge is 0.497 e. The Balaban J connectivity index is 1.68. The summed E-state index contributed by atoms with van der Waals surface area (Å²) in [5, 5.41) is 7.00. The Labute approximate surface area is 138 Å². The van der Waals surface area contributed by atoms with Crippen molar-refractivity contribution < 1.29 is 9.53 Å². The number of nitrogens with one attached hydrogen (secondary N) is 1. The molecule has 0 aliphatic carbocycles. The summed E-state index contributed by atoms with van der Waals surface area (Å²) >= 11 is 1.64. The van der Waals surface area contributed by atoms with E-state index in [-0.39, 0.29) is 5.91 Å². The van der Waals surface area contributed by atoms with Crippen molar-refractivity contribution in [1.29, 1.82) is 0 Å². The van der Waals surface area contributed by atoms with Gasteiger partial charge in [-0.3, -0.25) is 9.78 Å². The minimum absolute atomic E-state index is 0.127. The average molecular weight is 324 g/mol. The zero-order valence-electron chi connectivity index (χ0n) is 12.7. The topological polar surface area (TPSA) is 51.2 Å². The van der Waals surface area contributed by atoms with Crippen LogP contribution in [0.3, 0.4) is 0 Å². The van der Waals surface area contributed by atoms with Crippen LogP contribution >= 0.6 is 11.3 Å². The van der Waals surface area contributed by atoms with Crippen LogP contribution < -0.4 is 10.1 Å². The number of amides is 1. The molecular formula is C18H16N2O2S. The Morgan fingerprint density at radius 1 is 1.26 bits per heavy atom. The van der Waals surface area contributed by atoms with Crippen molar-refractivity contribution in [2.45, 2.75) is 6.54 Å². The molecule has 5 heteroatoms. The van der Waals surface area contributed by atoms with Crippen molar-refractivity contribution in [3.8, 4) is 17.0 Å². The van der Waals surface area contributed by atoms with Gasteiger partial charge in [-0.1, -0.05) is 6.07 Å². The fraction of sp³-hybridized carbons (Fsp3) is 0.111. The summed E-state index contributed by atoms with van der Waals surface area (Å²) in [7, 11) is 1.58. The molecule has 0 aliphatic heterocycles. The number of nitrogens with zero attached hydrogens (tertiary/aromatic N) is 1. The molecule has 3 rings (SSSR count). The van der Waals surface area contributed by atoms with Crippen LogP contribution in [0.2, 0.25) is 0 Å². The smallest absolute Gasteiger partial charge is 0.251 e. The molecule has 0 spiro atoms. The molecule has 4 nitrogen and oxygen atoms in total. The number of carbonyl (C=O) groups is 1. The molecule has 3 aromatic rings. The SMILES string of the molecule is COc1cccc(C(=O)NCc2ccnc(-c3ccsc3)c2)c1. The summed E-state index contributed by atoms with van der Waals surface area (Å²) in [6.45, 7) is 0.454. The van der Waals surface area contributed by atoms with Crippen LogP contribution in [0.5, 0.6) is 5.75 Å². The van der Waals surface area contributed by atoms with Crippen molar-refractivity contribution >= 4 is 17.2 Å². The van der Waals surface area contributed by atoms with Gasteiger partial charge in [-0.05, 0) is 47.3 Å². The third kappa shape index (κ3) is 3.76. The van der Waals surface area contributed by atoms with E-state index >= 15 is 0 Å². The first-order valence-electron chi connectivity index (χ1n) is 7.16. The minimum atomic E-state index is -0.127. The fourth-order valence-electron chi connectivity index (χ4n) is 2.20. The third-order valence-corrected chi connectivity index (χ3v) is 4.11. The lowest BCUT2D eigenvalue weighted by atomic mass is 10.1. The van der Waals surface area contributed by atoms with Crippen LogP contribution in [-0.2, 0) is 6.54 Å². The molecule has 0 saturated heterocycles. The van der Waals surface area contributed by atoms with Crippen LogP contribution in [0.15, 0.2) is 59.4 Å². The number of ether oxygens (including phenoxy) is 1. The van der Waals surface area contributed by atoms with E-state index in [1.165, 1.54) is 0 Å². The number of rotatable bonds is 5. The Hall–Kier alpha value is -2.66. The number of benzene rings is 1. The van der Waals surface area contributed by atoms with Gasteiger partial charge in [0.15, 0.2) is 0 Å². The highest BCUT2D eigenvalue weighted by Crippen LogP contribution is 2.20. The van der Waals surface area contributed by atoms with Crippen LogP contribution in [0.25, 0.3) is 11.3 Å². The molecule has 1 N–H and O–H groups in total. The Kier molecular flexibility index (Phi) is 4.68. The van der Waals surface area contributed by atoms with Gasteiger partial charge in [0.2, 0.25) is 0 Å². The number of carbonyl (C=O) groups excluding carboxylic acids is 1. The molecule has 0 radical (unpaired) electrons. The lowest BCUT2D eigenvalue weighted by Crippen LogP contribution is -2.22. The van der Waals surface area contributed by atoms with E-state index in [0.29, 0.717) is 17.9 Å². The predicted molar refractivity (Wildman–Crippen MR) is 91.7 cm³/mol. The molecule has 116 valence electrons. The molecule has 1 aromatic carbocycles. The maximum Gasteiger partial charge on any atom is 0.251 e. The highest BCUT2D eigenvalue weighted by atomic mass is 32.1. The van der Waals surface area contributed by atoms with E-state index < -0.39 is 0 Å². The molecule has 0 atom stereocenters. The first-order chi connectivity index (χ1) is 11.3. The zero-order chi connectivity index (χ0) is 16.1. The summed E-state index contributed by atoms with van der Waals surface area (Å²) in [6, 6.07) is 13.0. The molecule has 2 heterocycles. The maximum atomic E-state index is 12.2. The molecule has 0 unspecified atom stereocenters. The lowest BCUT2D eigenvalue weighted by molar-refractivity contribution is 0.0950. The van der Waals surface area contributed by atoms with Crippen LogP contribution in [0.4, 0.5) is 0 Å². The first kappa shape index (κ1) is 15.2. The number of hydrogen-bond acceptors (Lipinski definition) is 4. The summed E-state index contributed by atoms with van der Waals surface area (Å²) in [6.07, 6.45) is 1.76. The number of hydrogen-bond donors (Lipinski definition) is 1. The van der Waals surface area contributed by atoms with E-state index in [2.05, 4.69) is 15.7 Å². The molecule has 0 bridgehead atoms. The third-order valence-electron chi connectivity index (χ3n) is 3.43. The quantitative estimate of drug-likeness (QED) is 0.777. The van der Waals surface area contributed by atoms with Crippen molar-refractivity contribution in [2.24, 2.45) is 0 Å². The van der Waals surface area contributed by atoms with Gasteiger partial charge in [-0.25, -0.2) is 0 Å². The van der Waals surface area contributed by atoms with Crippen molar-refractivity contribution in [3.05, 3.63) is 70.5 Å². The van der Waals surface area contributed by atoms with Gasteiger partial charge in [0.05, 0.1) is 12.8 Å². The zero-order valence-corrected chi connectivity index (χ0v) is 13.5. The second-order valence-electron chi connectivity index (χ2n) is 4.98. The number of methoxy groups -OCH3 is 1. The van der Waals surface area contributed by atoms with E-state index in [0.717, 1.165) is 16.8 Å². The van der Waals surface area contributed by atoms with E-state index in [9.17, 15) is 4.79 Å². The first-order valence-corrected chi connectivity index (χ1v) is 8.10. The standard InChI is InChI=1S/C18H16N2O2S/c1-22-16-4-2-3-14(10-16)18(21)20-11-13-5-7-19-17(9-13)15-6-8-23-12-15/h2-10,12H,11H2,1H3,(H,20,21). The fourth-order valence-corrected chi connectivity index (χ4v) is 2.85. The monoisotopic (exact) mass is 324 g/mol. The number of aromatic nitrogens is 1. The van der Waals surface area contributed by atoms with Crippen molar-refractivity contribution in [2.75, 3.05) is 7.11 Å². The van der Waals surface area contributed by atoms with Crippen LogP contribution in [0, 0.1) is 0 Å². The molecule has 0 fully saturated rings. The summed E-state index contributed by atoms with van der Waals surface area (Å²) in [4.78, 5) is 16.6. The normalized spacial score (nSPS) is 10.3. The summed E-state index contributed by atoms with van der Waals surface area (Å²) in [5.74, 6) is 0.541. The Morgan fingerprint density at radius 2 is 2.17 bits per heavy atom. The molecular weight excluding hydrogens is 308 g/mol. The van der Waals surface area contributed by atoms with Gasteiger partial charge in [-0.2, -0.15) is 11.3 Å². The van der Waals surface area contributed by atoms with Crippen LogP contribution in [0.1, 0.15) is 15.9 Å². The van der Waals surface area contributed by atoms with Crippen molar-refractivity contribution in [1.82, 2.24) is 10.3 Å². The van der Waals surface area contributed by atoms with Crippen molar-refractivity contribution in [3.63, 3.8) is 0 Å². The summed E-state index contributed by atoms with van der Waals surface area (Å²) in [5.41, 5.74) is 3.60. The molecule has 23 heavy (non-hydrogen) atoms. The van der Waals surface area contributed by atoms with Crippen LogP contribution in [-0.4, -0.2) is 18.0 Å². The molecule has 2 aromatic heterocycles. The molecule has 0 saturated carbocycles. The highest BCUT2D eigenvalue weighted by molar-refractivity contribution is 7.08. The van der Waals surface area contributed by atoms with E-state index in [1.54, 1.807) is 42.8 Å². The highest BCUT2D eigenvalue weighted by Gasteiger charge is 2.07. The van der Waals surface area contributed by atoms with E-state index in [4.69, 9.17) is 4.74 Å². The second-order valence-corrected chi connectivity index (χ2v) is 5.76. The average Bonchev–Trinajstić information content (AvgIpc) is 3.14. The predicted octanol–water partition coefficient (Wildman–Crippen LogP) is 3.75. The second kappa shape index (κ2) is 7.07. The Bertz CT molecular complexity index is 800. The molecule has 0 aliphatic rings. The number of thiophene rings is 1. The summed E-state index contributed by atoms with van der Waals surface area (Å²) < 4.78 is 5.14. The van der Waals surface area contributed by atoms with Gasteiger partial charge >= 0.3 is 0 Å². The van der Waals surface area contributed by atoms with Gasteiger partial charge in [0.25, 0.3) is 5.91 Å². The van der Waals surface area contributed by atoms with Gasteiger partial charge in [0, 0.05) is 29.2 Å². The minimum Gasteiger partial charge on any atom is -0.497 e. The van der Waals surface area contributed by atoms with E-state index in [1.807, 2.05) is 29.6 Å². The molecule has 1 amide bonds. The van der Waals surface area contributed by atoms with Gasteiger partial charge < -0.3 is 10.1 Å².